The molecule has 8 heteroatoms. The van der Waals surface area contributed by atoms with Crippen molar-refractivity contribution in [3.05, 3.63) is 35.9 Å². The van der Waals surface area contributed by atoms with E-state index in [0.717, 1.165) is 0 Å². The third-order valence-corrected chi connectivity index (χ3v) is 2.99. The fourth-order valence-electron chi connectivity index (χ4n) is 1.39. The molecule has 1 amide bonds. The molecule has 0 saturated carbocycles. The highest BCUT2D eigenvalue weighted by Crippen LogP contribution is 2.28. The first kappa shape index (κ1) is 18.0. The van der Waals surface area contributed by atoms with Crippen LogP contribution in [-0.4, -0.2) is 29.6 Å². The van der Waals surface area contributed by atoms with Crippen LogP contribution < -0.4 is 11.1 Å². The van der Waals surface area contributed by atoms with Gasteiger partial charge in [-0.2, -0.15) is 13.2 Å². The van der Waals surface area contributed by atoms with Crippen molar-refractivity contribution in [3.63, 3.8) is 0 Å². The van der Waals surface area contributed by atoms with E-state index in [0.29, 0.717) is 12.5 Å². The second-order valence-corrected chi connectivity index (χ2v) is 4.99. The van der Waals surface area contributed by atoms with Crippen LogP contribution >= 0.6 is 0 Å². The maximum absolute atomic E-state index is 12.6. The van der Waals surface area contributed by atoms with E-state index in [1.165, 1.54) is 6.92 Å². The summed E-state index contributed by atoms with van der Waals surface area (Å²) in [6, 6.07) is 7.47. The second-order valence-electron chi connectivity index (χ2n) is 4.99. The van der Waals surface area contributed by atoms with Crippen molar-refractivity contribution >= 4 is 11.9 Å². The van der Waals surface area contributed by atoms with E-state index < -0.39 is 29.6 Å². The molecule has 0 radical (unpaired) electrons. The van der Waals surface area contributed by atoms with Crippen molar-refractivity contribution in [2.45, 2.75) is 38.2 Å². The van der Waals surface area contributed by atoms with Gasteiger partial charge in [0.1, 0.15) is 12.6 Å². The highest BCUT2D eigenvalue weighted by molar-refractivity contribution is 5.90. The van der Waals surface area contributed by atoms with Gasteiger partial charge in [0.2, 0.25) is 5.91 Å². The summed E-state index contributed by atoms with van der Waals surface area (Å²) in [4.78, 5) is 23.2. The van der Waals surface area contributed by atoms with Crippen molar-refractivity contribution in [1.82, 2.24) is 5.32 Å². The molecule has 0 fully saturated rings. The molecule has 0 saturated heterocycles. The van der Waals surface area contributed by atoms with E-state index >= 15 is 0 Å². The molecular formula is C14H17F3N2O3. The molecule has 0 aromatic heterocycles. The van der Waals surface area contributed by atoms with Gasteiger partial charge >= 0.3 is 12.1 Å². The Labute approximate surface area is 125 Å². The van der Waals surface area contributed by atoms with Gasteiger partial charge in [-0.25, -0.2) is 4.79 Å². The molecular weight excluding hydrogens is 301 g/mol. The number of nitrogens with two attached hydrogens (primary N) is 1. The lowest BCUT2D eigenvalue weighted by atomic mass is 10.0. The Morgan fingerprint density at radius 1 is 1.27 bits per heavy atom. The molecule has 3 N–H and O–H groups in total. The summed E-state index contributed by atoms with van der Waals surface area (Å²) < 4.78 is 42.7. The number of carbonyl (C=O) groups excluding carboxylic acids is 2. The maximum atomic E-state index is 12.6. The molecule has 0 spiro atoms. The van der Waals surface area contributed by atoms with Crippen molar-refractivity contribution in [1.29, 1.82) is 0 Å². The van der Waals surface area contributed by atoms with Gasteiger partial charge in [-0.3, -0.25) is 4.79 Å². The van der Waals surface area contributed by atoms with Gasteiger partial charge in [0.25, 0.3) is 0 Å². The Kier molecular flexibility index (Phi) is 5.54. The zero-order chi connectivity index (χ0) is 17.0. The second kappa shape index (κ2) is 6.78. The molecule has 2 atom stereocenters. The maximum Gasteiger partial charge on any atom is 0.415 e. The number of benzene rings is 1. The monoisotopic (exact) mass is 318 g/mol. The Bertz CT molecular complexity index is 530. The first-order chi connectivity index (χ1) is 10.1. The van der Waals surface area contributed by atoms with Crippen LogP contribution in [0.1, 0.15) is 19.4 Å². The molecule has 0 aliphatic heterocycles. The molecule has 0 heterocycles. The summed E-state index contributed by atoms with van der Waals surface area (Å²) in [7, 11) is 0. The fourth-order valence-corrected chi connectivity index (χ4v) is 1.39. The number of halogens is 3. The van der Waals surface area contributed by atoms with Gasteiger partial charge in [-0.05, 0) is 19.4 Å². The first-order valence-corrected chi connectivity index (χ1v) is 6.43. The van der Waals surface area contributed by atoms with Gasteiger partial charge in [0, 0.05) is 0 Å². The average molecular weight is 318 g/mol. The van der Waals surface area contributed by atoms with Gasteiger partial charge in [0.15, 0.2) is 5.54 Å². The summed E-state index contributed by atoms with van der Waals surface area (Å²) in [6.45, 7) is 1.71. The van der Waals surface area contributed by atoms with Crippen molar-refractivity contribution < 1.29 is 27.5 Å². The largest absolute Gasteiger partial charge is 0.459 e. The minimum Gasteiger partial charge on any atom is -0.459 e. The summed E-state index contributed by atoms with van der Waals surface area (Å²) >= 11 is 0. The third kappa shape index (κ3) is 4.45. The van der Waals surface area contributed by atoms with Crippen LogP contribution in [0, 0.1) is 0 Å². The highest BCUT2D eigenvalue weighted by Gasteiger charge is 2.54. The molecule has 22 heavy (non-hydrogen) atoms. The number of ether oxygens (including phenoxy) is 1. The zero-order valence-electron chi connectivity index (χ0n) is 12.1. The van der Waals surface area contributed by atoms with Crippen LogP contribution in [0.25, 0.3) is 0 Å². The summed E-state index contributed by atoms with van der Waals surface area (Å²) in [5, 5.41) is 1.90. The van der Waals surface area contributed by atoms with Crippen LogP contribution in [0.3, 0.4) is 0 Å². The minimum atomic E-state index is -4.93. The number of esters is 1. The first-order valence-electron chi connectivity index (χ1n) is 6.43. The fraction of sp³-hybridized carbons (Fsp3) is 0.429. The van der Waals surface area contributed by atoms with E-state index in [1.807, 2.05) is 5.32 Å². The average Bonchev–Trinajstić information content (AvgIpc) is 2.44. The highest BCUT2D eigenvalue weighted by atomic mass is 19.4. The number of hydrogen-bond donors (Lipinski definition) is 2. The Balaban J connectivity index is 2.56. The predicted molar refractivity (Wildman–Crippen MR) is 72.5 cm³/mol. The molecule has 1 aromatic rings. The molecule has 1 rings (SSSR count). The van der Waals surface area contributed by atoms with Gasteiger partial charge in [0.05, 0.1) is 0 Å². The Hall–Kier alpha value is -2.09. The lowest BCUT2D eigenvalue weighted by Gasteiger charge is -2.27. The van der Waals surface area contributed by atoms with Crippen LogP contribution in [0.15, 0.2) is 30.3 Å². The zero-order valence-corrected chi connectivity index (χ0v) is 12.1. The normalized spacial score (nSPS) is 15.5. The van der Waals surface area contributed by atoms with Gasteiger partial charge in [-0.15, -0.1) is 0 Å². The number of rotatable bonds is 5. The summed E-state index contributed by atoms with van der Waals surface area (Å²) in [6.07, 6.45) is -4.93. The van der Waals surface area contributed by atoms with E-state index in [4.69, 9.17) is 10.5 Å². The van der Waals surface area contributed by atoms with Crippen LogP contribution in [-0.2, 0) is 20.9 Å². The molecule has 1 aromatic carbocycles. The van der Waals surface area contributed by atoms with E-state index in [2.05, 4.69) is 0 Å². The number of carbonyl (C=O) groups is 2. The molecule has 0 unspecified atom stereocenters. The number of hydrogen-bond acceptors (Lipinski definition) is 4. The smallest absolute Gasteiger partial charge is 0.415 e. The molecule has 122 valence electrons. The van der Waals surface area contributed by atoms with E-state index in [-0.39, 0.29) is 6.61 Å². The molecule has 0 bridgehead atoms. The Morgan fingerprint density at radius 2 is 1.82 bits per heavy atom. The van der Waals surface area contributed by atoms with E-state index in [9.17, 15) is 22.8 Å². The van der Waals surface area contributed by atoms with Crippen molar-refractivity contribution in [2.24, 2.45) is 5.73 Å². The van der Waals surface area contributed by atoms with Gasteiger partial charge in [-0.1, -0.05) is 30.3 Å². The van der Waals surface area contributed by atoms with Crippen LogP contribution in [0.4, 0.5) is 13.2 Å². The van der Waals surface area contributed by atoms with Gasteiger partial charge < -0.3 is 15.8 Å². The third-order valence-electron chi connectivity index (χ3n) is 2.99. The van der Waals surface area contributed by atoms with Crippen molar-refractivity contribution in [2.75, 3.05) is 0 Å². The SMILES string of the molecule is C[C@H](NC(=O)[C@](C)(N)C(F)(F)F)C(=O)OCc1ccccc1. The molecule has 0 aliphatic carbocycles. The summed E-state index contributed by atoms with van der Waals surface area (Å²) in [5.41, 5.74) is 2.60. The quantitative estimate of drug-likeness (QED) is 0.807. The summed E-state index contributed by atoms with van der Waals surface area (Å²) in [5.74, 6) is -2.35. The van der Waals surface area contributed by atoms with Crippen LogP contribution in [0.5, 0.6) is 0 Å². The number of alkyl halides is 3. The topological polar surface area (TPSA) is 81.4 Å². The number of nitrogens with one attached hydrogen (secondary N) is 1. The standard InChI is InChI=1S/C14H17F3N2O3/c1-9(19-12(21)13(2,18)14(15,16)17)11(20)22-8-10-6-4-3-5-7-10/h3-7,9H,8,18H2,1-2H3,(H,19,21)/t9-,13-/m0/s1. The molecule has 5 nitrogen and oxygen atoms in total. The number of amides is 1. The van der Waals surface area contributed by atoms with E-state index in [1.54, 1.807) is 30.3 Å². The lowest BCUT2D eigenvalue weighted by Crippen LogP contribution is -2.63. The lowest BCUT2D eigenvalue weighted by molar-refractivity contribution is -0.188. The Morgan fingerprint density at radius 3 is 2.32 bits per heavy atom. The van der Waals surface area contributed by atoms with Crippen LogP contribution in [0.2, 0.25) is 0 Å². The molecule has 0 aliphatic rings. The minimum absolute atomic E-state index is 0.0426. The van der Waals surface area contributed by atoms with Crippen molar-refractivity contribution in [3.8, 4) is 0 Å². The predicted octanol–water partition coefficient (Wildman–Crippen LogP) is 1.51.